The smallest absolute Gasteiger partial charge is 0.220 e. The predicted octanol–water partition coefficient (Wildman–Crippen LogP) is 2.61. The van der Waals surface area contributed by atoms with Gasteiger partial charge in [0, 0.05) is 6.42 Å². The molecule has 1 aliphatic heterocycles. The van der Waals surface area contributed by atoms with Gasteiger partial charge in [0.05, 0.1) is 17.5 Å². The largest absolute Gasteiger partial charge is 0.349 e. The van der Waals surface area contributed by atoms with E-state index < -0.39 is 9.84 Å². The summed E-state index contributed by atoms with van der Waals surface area (Å²) in [5.41, 5.74) is 0.920. The van der Waals surface area contributed by atoms with Crippen molar-refractivity contribution < 1.29 is 17.6 Å². The summed E-state index contributed by atoms with van der Waals surface area (Å²) in [4.78, 5) is 12.3. The highest BCUT2D eigenvalue weighted by atomic mass is 32.2. The van der Waals surface area contributed by atoms with Gasteiger partial charge in [0.2, 0.25) is 5.91 Å². The van der Waals surface area contributed by atoms with Gasteiger partial charge in [-0.05, 0) is 48.8 Å². The molecule has 2 atom stereocenters. The third-order valence-electron chi connectivity index (χ3n) is 4.97. The van der Waals surface area contributed by atoms with Gasteiger partial charge >= 0.3 is 0 Å². The van der Waals surface area contributed by atoms with Crippen LogP contribution in [0.25, 0.3) is 0 Å². The Balaban J connectivity index is 1.64. The lowest BCUT2D eigenvalue weighted by atomic mass is 9.77. The van der Waals surface area contributed by atoms with E-state index in [0.29, 0.717) is 12.3 Å². The Hall–Kier alpha value is -1.43. The molecule has 6 heteroatoms. The van der Waals surface area contributed by atoms with Crippen LogP contribution < -0.4 is 5.32 Å². The van der Waals surface area contributed by atoms with Gasteiger partial charge in [0.1, 0.15) is 5.82 Å². The molecule has 1 saturated carbocycles. The number of rotatable bonds is 5. The highest BCUT2D eigenvalue weighted by Crippen LogP contribution is 2.38. The van der Waals surface area contributed by atoms with Gasteiger partial charge in [0.25, 0.3) is 0 Å². The molecule has 0 bridgehead atoms. The standard InChI is InChI=1S/C17H22FNO3S/c18-15-6-4-14(5-7-15)17(13-2-1-3-13)19-16(20)10-12-8-9-23(21,22)11-12/h4-7,12-13,17H,1-3,8-11H2,(H,19,20)/t12-,17+/m1/s1. The molecule has 1 aliphatic carbocycles. The van der Waals surface area contributed by atoms with Crippen LogP contribution in [-0.4, -0.2) is 25.8 Å². The first-order valence-corrected chi connectivity index (χ1v) is 10.0. The highest BCUT2D eigenvalue weighted by Gasteiger charge is 2.32. The molecule has 1 saturated heterocycles. The van der Waals surface area contributed by atoms with E-state index >= 15 is 0 Å². The zero-order valence-corrected chi connectivity index (χ0v) is 13.8. The summed E-state index contributed by atoms with van der Waals surface area (Å²) >= 11 is 0. The number of carbonyl (C=O) groups is 1. The zero-order chi connectivity index (χ0) is 16.4. The maximum Gasteiger partial charge on any atom is 0.220 e. The maximum absolute atomic E-state index is 13.1. The fourth-order valence-electron chi connectivity index (χ4n) is 3.44. The summed E-state index contributed by atoms with van der Waals surface area (Å²) < 4.78 is 36.1. The number of amides is 1. The number of hydrogen-bond donors (Lipinski definition) is 1. The number of carbonyl (C=O) groups excluding carboxylic acids is 1. The third-order valence-corrected chi connectivity index (χ3v) is 6.80. The van der Waals surface area contributed by atoms with Crippen molar-refractivity contribution >= 4 is 15.7 Å². The summed E-state index contributed by atoms with van der Waals surface area (Å²) in [5.74, 6) is 0.226. The Bertz CT molecular complexity index is 668. The van der Waals surface area contributed by atoms with Crippen molar-refractivity contribution in [2.75, 3.05) is 11.5 Å². The minimum absolute atomic E-state index is 0.0738. The van der Waals surface area contributed by atoms with Crippen LogP contribution in [0.4, 0.5) is 4.39 Å². The quantitative estimate of drug-likeness (QED) is 0.897. The zero-order valence-electron chi connectivity index (χ0n) is 13.0. The van der Waals surface area contributed by atoms with E-state index in [1.807, 2.05) is 0 Å². The van der Waals surface area contributed by atoms with Crippen LogP contribution in [0, 0.1) is 17.7 Å². The minimum atomic E-state index is -2.96. The summed E-state index contributed by atoms with van der Waals surface area (Å²) in [6.45, 7) is 0. The SMILES string of the molecule is O=C(C[C@H]1CCS(=O)(=O)C1)N[C@H](c1ccc(F)cc1)C1CCC1. The number of halogens is 1. The van der Waals surface area contributed by atoms with Gasteiger partial charge in [-0.1, -0.05) is 18.6 Å². The molecule has 1 N–H and O–H groups in total. The van der Waals surface area contributed by atoms with Crippen LogP contribution in [0.2, 0.25) is 0 Å². The first-order valence-electron chi connectivity index (χ1n) is 8.18. The number of hydrogen-bond acceptors (Lipinski definition) is 3. The van der Waals surface area contributed by atoms with E-state index in [-0.39, 0.29) is 41.6 Å². The van der Waals surface area contributed by atoms with Gasteiger partial charge in [-0.15, -0.1) is 0 Å². The fourth-order valence-corrected chi connectivity index (χ4v) is 5.31. The third kappa shape index (κ3) is 4.10. The summed E-state index contributed by atoms with van der Waals surface area (Å²) in [5, 5.41) is 3.05. The molecule has 1 aromatic rings. The lowest BCUT2D eigenvalue weighted by molar-refractivity contribution is -0.123. The van der Waals surface area contributed by atoms with Gasteiger partial charge in [-0.2, -0.15) is 0 Å². The van der Waals surface area contributed by atoms with Crippen molar-refractivity contribution in [3.63, 3.8) is 0 Å². The lowest BCUT2D eigenvalue weighted by Gasteiger charge is -2.35. The molecular weight excluding hydrogens is 317 g/mol. The topological polar surface area (TPSA) is 63.2 Å². The first kappa shape index (κ1) is 16.4. The second-order valence-electron chi connectivity index (χ2n) is 6.76. The summed E-state index contributed by atoms with van der Waals surface area (Å²) in [6, 6.07) is 6.17. The molecule has 3 rings (SSSR count). The van der Waals surface area contributed by atoms with Crippen LogP contribution in [0.15, 0.2) is 24.3 Å². The van der Waals surface area contributed by atoms with E-state index in [1.165, 1.54) is 12.1 Å². The molecule has 0 unspecified atom stereocenters. The van der Waals surface area contributed by atoms with E-state index in [0.717, 1.165) is 24.8 Å². The molecular formula is C17H22FNO3S. The maximum atomic E-state index is 13.1. The molecule has 1 heterocycles. The number of nitrogens with one attached hydrogen (secondary N) is 1. The van der Waals surface area contributed by atoms with Gasteiger partial charge in [-0.25, -0.2) is 12.8 Å². The van der Waals surface area contributed by atoms with Crippen molar-refractivity contribution in [3.8, 4) is 0 Å². The molecule has 2 fully saturated rings. The molecule has 126 valence electrons. The molecule has 1 aromatic carbocycles. The van der Waals surface area contributed by atoms with E-state index in [4.69, 9.17) is 0 Å². The Morgan fingerprint density at radius 1 is 1.22 bits per heavy atom. The fraction of sp³-hybridized carbons (Fsp3) is 0.588. The average molecular weight is 339 g/mol. The van der Waals surface area contributed by atoms with E-state index in [1.54, 1.807) is 12.1 Å². The second-order valence-corrected chi connectivity index (χ2v) is 8.99. The molecule has 1 amide bonds. The van der Waals surface area contributed by atoms with Crippen molar-refractivity contribution in [1.82, 2.24) is 5.32 Å². The summed E-state index contributed by atoms with van der Waals surface area (Å²) in [7, 11) is -2.96. The minimum Gasteiger partial charge on any atom is -0.349 e. The number of benzene rings is 1. The second kappa shape index (κ2) is 6.59. The Morgan fingerprint density at radius 2 is 1.91 bits per heavy atom. The normalized spacial score (nSPS) is 24.8. The molecule has 0 spiro atoms. The van der Waals surface area contributed by atoms with Gasteiger partial charge in [0.15, 0.2) is 9.84 Å². The molecule has 4 nitrogen and oxygen atoms in total. The molecule has 0 radical (unpaired) electrons. The van der Waals surface area contributed by atoms with Crippen LogP contribution >= 0.6 is 0 Å². The number of sulfone groups is 1. The van der Waals surface area contributed by atoms with Gasteiger partial charge < -0.3 is 5.32 Å². The molecule has 0 aromatic heterocycles. The Kier molecular flexibility index (Phi) is 4.71. The first-order chi connectivity index (χ1) is 10.9. The van der Waals surface area contributed by atoms with Crippen molar-refractivity contribution in [1.29, 1.82) is 0 Å². The predicted molar refractivity (Wildman–Crippen MR) is 86.0 cm³/mol. The highest BCUT2D eigenvalue weighted by molar-refractivity contribution is 7.91. The van der Waals surface area contributed by atoms with E-state index in [2.05, 4.69) is 5.32 Å². The summed E-state index contributed by atoms with van der Waals surface area (Å²) in [6.07, 6.45) is 4.09. The van der Waals surface area contributed by atoms with Crippen LogP contribution in [0.5, 0.6) is 0 Å². The van der Waals surface area contributed by atoms with Crippen molar-refractivity contribution in [2.45, 2.75) is 38.1 Å². The van der Waals surface area contributed by atoms with Crippen LogP contribution in [0.1, 0.15) is 43.7 Å². The van der Waals surface area contributed by atoms with Gasteiger partial charge in [-0.3, -0.25) is 4.79 Å². The average Bonchev–Trinajstić information content (AvgIpc) is 2.76. The Morgan fingerprint density at radius 3 is 2.43 bits per heavy atom. The Labute approximate surface area is 136 Å². The molecule has 2 aliphatic rings. The van der Waals surface area contributed by atoms with Crippen molar-refractivity contribution in [3.05, 3.63) is 35.6 Å². The van der Waals surface area contributed by atoms with Crippen molar-refractivity contribution in [2.24, 2.45) is 11.8 Å². The monoisotopic (exact) mass is 339 g/mol. The molecule has 23 heavy (non-hydrogen) atoms. The lowest BCUT2D eigenvalue weighted by Crippen LogP contribution is -2.37. The van der Waals surface area contributed by atoms with Crippen LogP contribution in [0.3, 0.4) is 0 Å². The van der Waals surface area contributed by atoms with E-state index in [9.17, 15) is 17.6 Å². The van der Waals surface area contributed by atoms with Crippen LogP contribution in [-0.2, 0) is 14.6 Å².